The summed E-state index contributed by atoms with van der Waals surface area (Å²) in [5.74, 6) is 1.47. The van der Waals surface area contributed by atoms with Crippen molar-refractivity contribution in [1.82, 2.24) is 5.32 Å². The number of amides is 1. The van der Waals surface area contributed by atoms with E-state index in [1.165, 1.54) is 37.9 Å². The summed E-state index contributed by atoms with van der Waals surface area (Å²) in [6.45, 7) is 0.602. The number of carbonyl (C=O) groups is 1. The Bertz CT molecular complexity index is 1210. The van der Waals surface area contributed by atoms with E-state index in [0.29, 0.717) is 18.4 Å². The summed E-state index contributed by atoms with van der Waals surface area (Å²) in [6.07, 6.45) is 6.71. The van der Waals surface area contributed by atoms with Gasteiger partial charge < -0.3 is 5.32 Å². The summed E-state index contributed by atoms with van der Waals surface area (Å²) in [5, 5.41) is 11.0. The first-order valence-electron chi connectivity index (χ1n) is 9.89. The monoisotopic (exact) mass is 351 g/mol. The highest BCUT2D eigenvalue weighted by Crippen LogP contribution is 2.43. The van der Waals surface area contributed by atoms with Crippen molar-refractivity contribution in [3.05, 3.63) is 72.3 Å². The maximum Gasteiger partial charge on any atom is 0.223 e. The molecule has 2 aliphatic carbocycles. The minimum atomic E-state index is 0.166. The second kappa shape index (κ2) is 5.56. The Balaban J connectivity index is 1.37. The average Bonchev–Trinajstić information content (AvgIpc) is 3.34. The molecule has 2 aliphatic rings. The molecular formula is C25H21NO. The summed E-state index contributed by atoms with van der Waals surface area (Å²) in [7, 11) is 0. The van der Waals surface area contributed by atoms with Gasteiger partial charge in [-0.05, 0) is 62.6 Å². The third-order valence-corrected chi connectivity index (χ3v) is 6.69. The van der Waals surface area contributed by atoms with Gasteiger partial charge in [0.15, 0.2) is 0 Å². The van der Waals surface area contributed by atoms with E-state index in [-0.39, 0.29) is 11.8 Å². The Morgan fingerprint density at radius 2 is 1.59 bits per heavy atom. The minimum absolute atomic E-state index is 0.166. The van der Waals surface area contributed by atoms with E-state index < -0.39 is 0 Å². The van der Waals surface area contributed by atoms with Crippen LogP contribution in [0.5, 0.6) is 0 Å². The van der Waals surface area contributed by atoms with Gasteiger partial charge in [-0.25, -0.2) is 0 Å². The quantitative estimate of drug-likeness (QED) is 0.388. The molecule has 1 saturated carbocycles. The van der Waals surface area contributed by atoms with Gasteiger partial charge in [0.2, 0.25) is 5.91 Å². The molecule has 1 N–H and O–H groups in total. The maximum absolute atomic E-state index is 12.7. The molecule has 0 radical (unpaired) electrons. The van der Waals surface area contributed by atoms with Crippen LogP contribution in [-0.4, -0.2) is 5.91 Å². The smallest absolute Gasteiger partial charge is 0.223 e. The summed E-state index contributed by atoms with van der Waals surface area (Å²) < 4.78 is 0. The van der Waals surface area contributed by atoms with Crippen LogP contribution in [0, 0.1) is 17.8 Å². The van der Waals surface area contributed by atoms with Crippen molar-refractivity contribution < 1.29 is 4.79 Å². The zero-order chi connectivity index (χ0) is 18.0. The molecule has 1 amide bonds. The van der Waals surface area contributed by atoms with Crippen molar-refractivity contribution in [2.45, 2.75) is 19.4 Å². The minimum Gasteiger partial charge on any atom is -0.352 e. The van der Waals surface area contributed by atoms with Gasteiger partial charge >= 0.3 is 0 Å². The fraction of sp³-hybridized carbons (Fsp3) is 0.240. The molecule has 0 aliphatic heterocycles. The summed E-state index contributed by atoms with van der Waals surface area (Å²) in [5.41, 5.74) is 1.20. The topological polar surface area (TPSA) is 29.1 Å². The molecule has 3 atom stereocenters. The first-order valence-corrected chi connectivity index (χ1v) is 9.89. The van der Waals surface area contributed by atoms with Gasteiger partial charge in [0, 0.05) is 12.5 Å². The van der Waals surface area contributed by atoms with Gasteiger partial charge in [-0.3, -0.25) is 4.79 Å². The van der Waals surface area contributed by atoms with Crippen LogP contribution in [0.25, 0.3) is 32.3 Å². The van der Waals surface area contributed by atoms with Crippen LogP contribution in [0.4, 0.5) is 0 Å². The predicted molar refractivity (Wildman–Crippen MR) is 111 cm³/mol. The average molecular weight is 351 g/mol. The van der Waals surface area contributed by atoms with Gasteiger partial charge in [-0.1, -0.05) is 66.7 Å². The zero-order valence-electron chi connectivity index (χ0n) is 15.1. The molecule has 2 heteroatoms. The number of nitrogens with one attached hydrogen (secondary N) is 1. The summed E-state index contributed by atoms with van der Waals surface area (Å²) in [4.78, 5) is 12.7. The lowest BCUT2D eigenvalue weighted by Gasteiger charge is -2.18. The molecule has 4 aromatic carbocycles. The van der Waals surface area contributed by atoms with Crippen molar-refractivity contribution in [2.24, 2.45) is 17.8 Å². The van der Waals surface area contributed by atoms with Crippen molar-refractivity contribution >= 4 is 38.2 Å². The molecule has 3 unspecified atom stereocenters. The number of hydrogen-bond donors (Lipinski definition) is 1. The third-order valence-electron chi connectivity index (χ3n) is 6.69. The van der Waals surface area contributed by atoms with Gasteiger partial charge in [0.25, 0.3) is 0 Å². The molecule has 2 bridgehead atoms. The number of hydrogen-bond acceptors (Lipinski definition) is 1. The number of rotatable bonds is 3. The molecule has 2 nitrogen and oxygen atoms in total. The molecule has 6 rings (SSSR count). The van der Waals surface area contributed by atoms with Gasteiger partial charge in [-0.15, -0.1) is 0 Å². The van der Waals surface area contributed by atoms with Crippen molar-refractivity contribution in [1.29, 1.82) is 0 Å². The summed E-state index contributed by atoms with van der Waals surface area (Å²) in [6, 6.07) is 19.7. The lowest BCUT2D eigenvalue weighted by atomic mass is 9.91. The first-order chi connectivity index (χ1) is 13.3. The van der Waals surface area contributed by atoms with Gasteiger partial charge in [-0.2, -0.15) is 0 Å². The molecule has 27 heavy (non-hydrogen) atoms. The van der Waals surface area contributed by atoms with E-state index in [0.717, 1.165) is 12.8 Å². The van der Waals surface area contributed by atoms with Crippen molar-refractivity contribution in [2.75, 3.05) is 0 Å². The van der Waals surface area contributed by atoms with Crippen molar-refractivity contribution in [3.63, 3.8) is 0 Å². The Kier molecular flexibility index (Phi) is 3.13. The van der Waals surface area contributed by atoms with Crippen LogP contribution in [-0.2, 0) is 11.3 Å². The lowest BCUT2D eigenvalue weighted by Crippen LogP contribution is -2.32. The largest absolute Gasteiger partial charge is 0.352 e. The van der Waals surface area contributed by atoms with E-state index >= 15 is 0 Å². The number of allylic oxidation sites excluding steroid dienone is 2. The SMILES string of the molecule is O=C(NCc1ccc2ccc3cccc4ccc1c2c34)C1CC2C=CC1C2. The van der Waals surface area contributed by atoms with E-state index in [1.807, 2.05) is 0 Å². The molecular weight excluding hydrogens is 330 g/mol. The van der Waals surface area contributed by atoms with E-state index in [1.54, 1.807) is 0 Å². The Morgan fingerprint density at radius 1 is 0.852 bits per heavy atom. The molecule has 0 heterocycles. The van der Waals surface area contributed by atoms with Gasteiger partial charge in [0.05, 0.1) is 0 Å². The number of benzene rings is 4. The lowest BCUT2D eigenvalue weighted by molar-refractivity contribution is -0.125. The second-order valence-corrected chi connectivity index (χ2v) is 8.19. The Labute approximate surface area is 158 Å². The normalized spacial score (nSPS) is 23.8. The van der Waals surface area contributed by atoms with Crippen molar-refractivity contribution in [3.8, 4) is 0 Å². The molecule has 4 aromatic rings. The van der Waals surface area contributed by atoms with Crippen LogP contribution >= 0.6 is 0 Å². The highest BCUT2D eigenvalue weighted by molar-refractivity contribution is 6.23. The highest BCUT2D eigenvalue weighted by Gasteiger charge is 2.39. The highest BCUT2D eigenvalue weighted by atomic mass is 16.1. The van der Waals surface area contributed by atoms with Crippen LogP contribution in [0.2, 0.25) is 0 Å². The van der Waals surface area contributed by atoms with Crippen LogP contribution in [0.3, 0.4) is 0 Å². The second-order valence-electron chi connectivity index (χ2n) is 8.19. The molecule has 132 valence electrons. The number of carbonyl (C=O) groups excluding carboxylic acids is 1. The van der Waals surface area contributed by atoms with E-state index in [9.17, 15) is 4.79 Å². The van der Waals surface area contributed by atoms with Crippen LogP contribution in [0.1, 0.15) is 18.4 Å². The molecule has 0 aromatic heterocycles. The van der Waals surface area contributed by atoms with Crippen LogP contribution < -0.4 is 5.32 Å². The van der Waals surface area contributed by atoms with E-state index in [4.69, 9.17) is 0 Å². The molecule has 0 spiro atoms. The number of fused-ring (bicyclic) bond motifs is 2. The maximum atomic E-state index is 12.7. The predicted octanol–water partition coefficient (Wildman–Crippen LogP) is 5.41. The molecule has 0 saturated heterocycles. The standard InChI is InChI=1S/C25H21NO/c27-25(22-13-15-4-5-19(22)12-15)26-14-20-9-8-18-7-6-16-2-1-3-17-10-11-21(20)24(18)23(16)17/h1-11,15,19,22H,12-14H2,(H,26,27). The fourth-order valence-electron chi connectivity index (χ4n) is 5.35. The fourth-order valence-corrected chi connectivity index (χ4v) is 5.35. The Morgan fingerprint density at radius 3 is 2.33 bits per heavy atom. The first kappa shape index (κ1) is 15.2. The Hall–Kier alpha value is -2.87. The summed E-state index contributed by atoms with van der Waals surface area (Å²) >= 11 is 0. The zero-order valence-corrected chi connectivity index (χ0v) is 15.1. The van der Waals surface area contributed by atoms with Gasteiger partial charge in [0.1, 0.15) is 0 Å². The third kappa shape index (κ3) is 2.22. The molecule has 1 fully saturated rings. The van der Waals surface area contributed by atoms with E-state index in [2.05, 4.69) is 72.1 Å². The van der Waals surface area contributed by atoms with Crippen LogP contribution in [0.15, 0.2) is 66.7 Å².